The molecule has 5 rings (SSSR count). The van der Waals surface area contributed by atoms with Crippen LogP contribution in [-0.4, -0.2) is 25.6 Å². The maximum atomic E-state index is 4.97. The van der Waals surface area contributed by atoms with Gasteiger partial charge < -0.3 is 5.32 Å². The number of rotatable bonds is 2. The van der Waals surface area contributed by atoms with Crippen molar-refractivity contribution in [3.05, 3.63) is 16.8 Å². The van der Waals surface area contributed by atoms with E-state index in [1.165, 1.54) is 60.8 Å². The summed E-state index contributed by atoms with van der Waals surface area (Å²) in [6.07, 6.45) is 11.7. The number of aromatic nitrogens is 4. The van der Waals surface area contributed by atoms with E-state index in [-0.39, 0.29) is 0 Å². The number of nitrogens with zero attached hydrogens (tertiary/aromatic N) is 4. The zero-order valence-corrected chi connectivity index (χ0v) is 14.9. The standard InChI is InChI=1S/C18H23N5S/c1-11-7-8-14-13(9-11)15-16-19-10-20-23(16)18(22-17(15)24-14)21-12-5-3-2-4-6-12/h10-12H,2-9H2,1H3,(H,21,22)/t11-/m1/s1. The van der Waals surface area contributed by atoms with Gasteiger partial charge in [-0.25, -0.2) is 9.97 Å². The molecular formula is C18H23N5S. The monoisotopic (exact) mass is 341 g/mol. The Labute approximate surface area is 145 Å². The summed E-state index contributed by atoms with van der Waals surface area (Å²) in [6, 6.07) is 0.519. The molecule has 1 atom stereocenters. The van der Waals surface area contributed by atoms with Crippen LogP contribution in [0, 0.1) is 5.92 Å². The SMILES string of the molecule is C[C@@H]1CCc2sc3nc(NC4CCCCC4)n4ncnc4c3c2C1. The third kappa shape index (κ3) is 2.31. The van der Waals surface area contributed by atoms with E-state index in [9.17, 15) is 0 Å². The Morgan fingerprint density at radius 2 is 2.08 bits per heavy atom. The molecule has 126 valence electrons. The van der Waals surface area contributed by atoms with Gasteiger partial charge in [0.15, 0.2) is 5.65 Å². The molecule has 1 N–H and O–H groups in total. The van der Waals surface area contributed by atoms with Crippen LogP contribution in [0.4, 0.5) is 5.95 Å². The van der Waals surface area contributed by atoms with E-state index in [1.54, 1.807) is 6.33 Å². The van der Waals surface area contributed by atoms with Crippen LogP contribution in [0.2, 0.25) is 0 Å². The van der Waals surface area contributed by atoms with Gasteiger partial charge in [0.2, 0.25) is 5.95 Å². The highest BCUT2D eigenvalue weighted by molar-refractivity contribution is 7.19. The molecule has 1 saturated carbocycles. The third-order valence-corrected chi connectivity index (χ3v) is 6.79. The topological polar surface area (TPSA) is 55.1 Å². The molecule has 5 nitrogen and oxygen atoms in total. The summed E-state index contributed by atoms with van der Waals surface area (Å²) in [6.45, 7) is 2.35. The number of hydrogen-bond acceptors (Lipinski definition) is 5. The summed E-state index contributed by atoms with van der Waals surface area (Å²) >= 11 is 1.86. The molecule has 6 heteroatoms. The van der Waals surface area contributed by atoms with Crippen molar-refractivity contribution < 1.29 is 0 Å². The van der Waals surface area contributed by atoms with Gasteiger partial charge in [-0.15, -0.1) is 11.3 Å². The maximum absolute atomic E-state index is 4.97. The second-order valence-electron chi connectivity index (χ2n) is 7.44. The number of anilines is 1. The summed E-state index contributed by atoms with van der Waals surface area (Å²) in [7, 11) is 0. The quantitative estimate of drug-likeness (QED) is 0.759. The van der Waals surface area contributed by atoms with E-state index in [0.717, 1.165) is 28.8 Å². The first-order valence-corrected chi connectivity index (χ1v) is 10.0. The fraction of sp³-hybridized carbons (Fsp3) is 0.611. The van der Waals surface area contributed by atoms with Crippen LogP contribution in [-0.2, 0) is 12.8 Å². The highest BCUT2D eigenvalue weighted by Gasteiger charge is 2.25. The van der Waals surface area contributed by atoms with Crippen LogP contribution in [0.5, 0.6) is 0 Å². The second-order valence-corrected chi connectivity index (χ2v) is 8.53. The predicted molar refractivity (Wildman–Crippen MR) is 97.8 cm³/mol. The molecular weight excluding hydrogens is 318 g/mol. The average molecular weight is 341 g/mol. The molecule has 3 aromatic rings. The van der Waals surface area contributed by atoms with Crippen molar-refractivity contribution in [2.24, 2.45) is 5.92 Å². The highest BCUT2D eigenvalue weighted by atomic mass is 32.1. The molecule has 0 amide bonds. The Balaban J connectivity index is 1.64. The number of nitrogens with one attached hydrogen (secondary N) is 1. The minimum absolute atomic E-state index is 0.519. The van der Waals surface area contributed by atoms with E-state index < -0.39 is 0 Å². The first-order valence-electron chi connectivity index (χ1n) is 9.20. The van der Waals surface area contributed by atoms with Crippen LogP contribution in [0.25, 0.3) is 15.9 Å². The van der Waals surface area contributed by atoms with Gasteiger partial charge in [-0.2, -0.15) is 9.61 Å². The lowest BCUT2D eigenvalue weighted by Gasteiger charge is -2.23. The Kier molecular flexibility index (Phi) is 3.47. The van der Waals surface area contributed by atoms with Crippen LogP contribution in [0.3, 0.4) is 0 Å². The molecule has 0 radical (unpaired) electrons. The molecule has 24 heavy (non-hydrogen) atoms. The minimum Gasteiger partial charge on any atom is -0.351 e. The fourth-order valence-corrected chi connectivity index (χ4v) is 5.50. The third-order valence-electron chi connectivity index (χ3n) is 5.61. The van der Waals surface area contributed by atoms with Crippen molar-refractivity contribution in [3.63, 3.8) is 0 Å². The van der Waals surface area contributed by atoms with E-state index in [0.29, 0.717) is 6.04 Å². The number of aryl methyl sites for hydroxylation is 1. The van der Waals surface area contributed by atoms with Crippen LogP contribution >= 0.6 is 11.3 Å². The van der Waals surface area contributed by atoms with Crippen molar-refractivity contribution in [1.82, 2.24) is 19.6 Å². The molecule has 0 unspecified atom stereocenters. The molecule has 2 aliphatic rings. The van der Waals surface area contributed by atoms with Crippen LogP contribution < -0.4 is 5.32 Å². The lowest BCUT2D eigenvalue weighted by atomic mass is 9.89. The van der Waals surface area contributed by atoms with Gasteiger partial charge in [-0.05, 0) is 43.6 Å². The zero-order valence-electron chi connectivity index (χ0n) is 14.1. The summed E-state index contributed by atoms with van der Waals surface area (Å²) in [5.41, 5.74) is 2.45. The number of fused-ring (bicyclic) bond motifs is 5. The molecule has 0 saturated heterocycles. The summed E-state index contributed by atoms with van der Waals surface area (Å²) in [4.78, 5) is 12.2. The van der Waals surface area contributed by atoms with Gasteiger partial charge in [0, 0.05) is 10.9 Å². The Morgan fingerprint density at radius 3 is 2.96 bits per heavy atom. The largest absolute Gasteiger partial charge is 0.351 e. The van der Waals surface area contributed by atoms with E-state index >= 15 is 0 Å². The molecule has 2 aliphatic carbocycles. The molecule has 0 spiro atoms. The van der Waals surface area contributed by atoms with Gasteiger partial charge in [-0.1, -0.05) is 26.2 Å². The van der Waals surface area contributed by atoms with Crippen LogP contribution in [0.1, 0.15) is 55.9 Å². The van der Waals surface area contributed by atoms with E-state index in [2.05, 4.69) is 22.3 Å². The molecule has 0 aromatic carbocycles. The minimum atomic E-state index is 0.519. The first kappa shape index (κ1) is 14.6. The molecule has 0 bridgehead atoms. The molecule has 3 heterocycles. The van der Waals surface area contributed by atoms with Crippen molar-refractivity contribution >= 4 is 33.1 Å². The summed E-state index contributed by atoms with van der Waals surface area (Å²) in [5, 5.41) is 9.36. The zero-order chi connectivity index (χ0) is 16.1. The van der Waals surface area contributed by atoms with Crippen molar-refractivity contribution in [2.75, 3.05) is 5.32 Å². The van der Waals surface area contributed by atoms with E-state index in [4.69, 9.17) is 4.98 Å². The lowest BCUT2D eigenvalue weighted by molar-refractivity contribution is 0.460. The normalized spacial score (nSPS) is 22.1. The Morgan fingerprint density at radius 1 is 1.21 bits per heavy atom. The van der Waals surface area contributed by atoms with Crippen molar-refractivity contribution in [1.29, 1.82) is 0 Å². The Bertz CT molecular complexity index is 890. The molecule has 1 fully saturated rings. The van der Waals surface area contributed by atoms with Gasteiger partial charge in [0.25, 0.3) is 0 Å². The average Bonchev–Trinajstić information content (AvgIpc) is 3.19. The maximum Gasteiger partial charge on any atom is 0.227 e. The lowest BCUT2D eigenvalue weighted by Crippen LogP contribution is -2.24. The summed E-state index contributed by atoms with van der Waals surface area (Å²) < 4.78 is 1.92. The first-order chi connectivity index (χ1) is 11.8. The smallest absolute Gasteiger partial charge is 0.227 e. The summed E-state index contributed by atoms with van der Waals surface area (Å²) in [5.74, 6) is 1.62. The van der Waals surface area contributed by atoms with Crippen LogP contribution in [0.15, 0.2) is 6.33 Å². The number of hydrogen-bond donors (Lipinski definition) is 1. The van der Waals surface area contributed by atoms with Gasteiger partial charge in [0.1, 0.15) is 11.2 Å². The van der Waals surface area contributed by atoms with Crippen molar-refractivity contribution in [2.45, 2.75) is 64.3 Å². The van der Waals surface area contributed by atoms with Gasteiger partial charge >= 0.3 is 0 Å². The van der Waals surface area contributed by atoms with E-state index in [1.807, 2.05) is 15.9 Å². The second kappa shape index (κ2) is 5.69. The predicted octanol–water partition coefficient (Wildman–Crippen LogP) is 4.21. The fourth-order valence-electron chi connectivity index (χ4n) is 4.29. The Hall–Kier alpha value is -1.69. The molecule has 0 aliphatic heterocycles. The number of thiophene rings is 1. The molecule has 3 aromatic heterocycles. The van der Waals surface area contributed by atoms with Crippen molar-refractivity contribution in [3.8, 4) is 0 Å². The van der Waals surface area contributed by atoms with Gasteiger partial charge in [0.05, 0.1) is 5.39 Å². The van der Waals surface area contributed by atoms with Gasteiger partial charge in [-0.3, -0.25) is 0 Å². The highest BCUT2D eigenvalue weighted by Crippen LogP contribution is 2.39.